The van der Waals surface area contributed by atoms with Gasteiger partial charge in [-0.1, -0.05) is 81.8 Å². The summed E-state index contributed by atoms with van der Waals surface area (Å²) in [7, 11) is 0. The van der Waals surface area contributed by atoms with Crippen LogP contribution in [-0.2, 0) is 5.41 Å². The van der Waals surface area contributed by atoms with E-state index in [1.165, 1.54) is 63.4 Å². The molecule has 0 aromatic heterocycles. The number of hydrogen-bond donors (Lipinski definition) is 1. The van der Waals surface area contributed by atoms with E-state index in [2.05, 4.69) is 31.2 Å². The van der Waals surface area contributed by atoms with Crippen LogP contribution >= 0.6 is 12.4 Å². The monoisotopic (exact) mass is 386 g/mol. The zero-order valence-electron chi connectivity index (χ0n) is 16.2. The Hall–Kier alpha value is -1.80. The van der Waals surface area contributed by atoms with E-state index in [1.807, 2.05) is 12.1 Å². The predicted molar refractivity (Wildman–Crippen MR) is 115 cm³/mol. The molecule has 2 aromatic rings. The molecule has 3 rings (SSSR count). The quantitative estimate of drug-likeness (QED) is 0.508. The van der Waals surface area contributed by atoms with Crippen molar-refractivity contribution in [3.8, 4) is 11.1 Å². The minimum Gasteiger partial charge on any atom is -0.478 e. The number of halogens is 1. The van der Waals surface area contributed by atoms with Crippen LogP contribution in [0.5, 0.6) is 0 Å². The molecule has 0 bridgehead atoms. The summed E-state index contributed by atoms with van der Waals surface area (Å²) in [5.74, 6) is -0.877. The maximum absolute atomic E-state index is 11.0. The van der Waals surface area contributed by atoms with Gasteiger partial charge in [-0.05, 0) is 53.5 Å². The molecule has 0 spiro atoms. The van der Waals surface area contributed by atoms with Crippen molar-refractivity contribution < 1.29 is 9.90 Å². The summed E-state index contributed by atoms with van der Waals surface area (Å²) < 4.78 is 0. The fourth-order valence-corrected chi connectivity index (χ4v) is 4.45. The second-order valence-corrected chi connectivity index (χ2v) is 7.76. The standard InChI is InChI=1S/C24H30O2.ClH/c1-2-3-5-16-24(17-6-4-7-18-24)22-14-12-20(13-15-22)19-8-10-21(11-9-19)23(25)26;/h8-15H,2-7,16-18H2,1H3,(H,25,26);1H. The summed E-state index contributed by atoms with van der Waals surface area (Å²) in [5, 5.41) is 9.04. The fourth-order valence-electron chi connectivity index (χ4n) is 4.45. The average Bonchev–Trinajstić information content (AvgIpc) is 2.69. The summed E-state index contributed by atoms with van der Waals surface area (Å²) in [6.45, 7) is 2.28. The highest BCUT2D eigenvalue weighted by atomic mass is 35.5. The van der Waals surface area contributed by atoms with Gasteiger partial charge >= 0.3 is 5.97 Å². The smallest absolute Gasteiger partial charge is 0.335 e. The van der Waals surface area contributed by atoms with E-state index in [0.29, 0.717) is 11.0 Å². The normalized spacial score (nSPS) is 15.7. The van der Waals surface area contributed by atoms with E-state index >= 15 is 0 Å². The highest BCUT2D eigenvalue weighted by Crippen LogP contribution is 2.43. The number of aromatic carboxylic acids is 1. The summed E-state index contributed by atoms with van der Waals surface area (Å²) in [6.07, 6.45) is 12.0. The largest absolute Gasteiger partial charge is 0.478 e. The van der Waals surface area contributed by atoms with Gasteiger partial charge in [-0.2, -0.15) is 0 Å². The molecule has 1 N–H and O–H groups in total. The maximum Gasteiger partial charge on any atom is 0.335 e. The van der Waals surface area contributed by atoms with E-state index in [9.17, 15) is 4.79 Å². The molecule has 1 aliphatic carbocycles. The summed E-state index contributed by atoms with van der Waals surface area (Å²) >= 11 is 0. The Labute approximate surface area is 169 Å². The Bertz CT molecular complexity index is 713. The number of carbonyl (C=O) groups is 1. The lowest BCUT2D eigenvalue weighted by atomic mass is 9.66. The van der Waals surface area contributed by atoms with Gasteiger partial charge < -0.3 is 5.11 Å². The van der Waals surface area contributed by atoms with Gasteiger partial charge in [0.1, 0.15) is 0 Å². The van der Waals surface area contributed by atoms with Crippen LogP contribution in [0.15, 0.2) is 48.5 Å². The molecule has 0 atom stereocenters. The van der Waals surface area contributed by atoms with Crippen molar-refractivity contribution in [1.29, 1.82) is 0 Å². The van der Waals surface area contributed by atoms with Crippen LogP contribution in [0.25, 0.3) is 11.1 Å². The number of rotatable bonds is 7. The molecule has 146 valence electrons. The Morgan fingerprint density at radius 3 is 1.96 bits per heavy atom. The summed E-state index contributed by atoms with van der Waals surface area (Å²) in [4.78, 5) is 11.0. The SMILES string of the molecule is CCCCCC1(c2ccc(-c3ccc(C(=O)O)cc3)cc2)CCCCC1.Cl. The second-order valence-electron chi connectivity index (χ2n) is 7.76. The molecule has 0 aliphatic heterocycles. The Kier molecular flexibility index (Phi) is 7.91. The fraction of sp³-hybridized carbons (Fsp3) is 0.458. The molecule has 3 heteroatoms. The lowest BCUT2D eigenvalue weighted by Gasteiger charge is -2.38. The maximum atomic E-state index is 11.0. The van der Waals surface area contributed by atoms with Crippen LogP contribution in [0.4, 0.5) is 0 Å². The molecule has 2 nitrogen and oxygen atoms in total. The topological polar surface area (TPSA) is 37.3 Å². The van der Waals surface area contributed by atoms with Gasteiger partial charge in [-0.3, -0.25) is 0 Å². The molecule has 1 saturated carbocycles. The first kappa shape index (κ1) is 21.5. The van der Waals surface area contributed by atoms with Crippen LogP contribution in [-0.4, -0.2) is 11.1 Å². The van der Waals surface area contributed by atoms with E-state index in [1.54, 1.807) is 12.1 Å². The molecule has 27 heavy (non-hydrogen) atoms. The van der Waals surface area contributed by atoms with Gasteiger partial charge in [-0.25, -0.2) is 4.79 Å². The third-order valence-corrected chi connectivity index (χ3v) is 6.03. The van der Waals surface area contributed by atoms with Crippen molar-refractivity contribution in [3.63, 3.8) is 0 Å². The van der Waals surface area contributed by atoms with Crippen LogP contribution < -0.4 is 0 Å². The van der Waals surface area contributed by atoms with Crippen LogP contribution in [0.3, 0.4) is 0 Å². The van der Waals surface area contributed by atoms with Gasteiger partial charge in [0.15, 0.2) is 0 Å². The van der Waals surface area contributed by atoms with Crippen molar-refractivity contribution in [2.75, 3.05) is 0 Å². The first-order valence-corrected chi connectivity index (χ1v) is 10.1. The lowest BCUT2D eigenvalue weighted by molar-refractivity contribution is 0.0697. The summed E-state index contributed by atoms with van der Waals surface area (Å²) in [6, 6.07) is 16.2. The van der Waals surface area contributed by atoms with E-state index in [0.717, 1.165) is 11.1 Å². The van der Waals surface area contributed by atoms with Gasteiger partial charge in [-0.15, -0.1) is 12.4 Å². The van der Waals surface area contributed by atoms with Crippen molar-refractivity contribution in [2.24, 2.45) is 0 Å². The molecule has 0 unspecified atom stereocenters. The molecule has 0 radical (unpaired) electrons. The molecular formula is C24H31ClO2. The predicted octanol–water partition coefficient (Wildman–Crippen LogP) is 7.26. The third-order valence-electron chi connectivity index (χ3n) is 6.03. The molecule has 1 aliphatic rings. The Morgan fingerprint density at radius 2 is 1.44 bits per heavy atom. The summed E-state index contributed by atoms with van der Waals surface area (Å²) in [5.41, 5.74) is 4.44. The van der Waals surface area contributed by atoms with Crippen LogP contribution in [0.1, 0.15) is 80.6 Å². The Morgan fingerprint density at radius 1 is 0.889 bits per heavy atom. The zero-order chi connectivity index (χ0) is 18.4. The van der Waals surface area contributed by atoms with E-state index in [-0.39, 0.29) is 12.4 Å². The highest BCUT2D eigenvalue weighted by Gasteiger charge is 2.33. The van der Waals surface area contributed by atoms with Crippen molar-refractivity contribution in [2.45, 2.75) is 70.1 Å². The lowest BCUT2D eigenvalue weighted by Crippen LogP contribution is -2.29. The third kappa shape index (κ3) is 5.13. The molecule has 0 amide bonds. The minimum atomic E-state index is -0.877. The zero-order valence-corrected chi connectivity index (χ0v) is 17.1. The van der Waals surface area contributed by atoms with Gasteiger partial charge in [0.05, 0.1) is 5.56 Å². The van der Waals surface area contributed by atoms with E-state index < -0.39 is 5.97 Å². The highest BCUT2D eigenvalue weighted by molar-refractivity contribution is 5.88. The van der Waals surface area contributed by atoms with Crippen molar-refractivity contribution >= 4 is 18.4 Å². The number of benzene rings is 2. The first-order chi connectivity index (χ1) is 12.6. The number of hydrogen-bond acceptors (Lipinski definition) is 1. The molecule has 1 fully saturated rings. The van der Waals surface area contributed by atoms with E-state index in [4.69, 9.17) is 5.11 Å². The molecule has 0 heterocycles. The number of carboxylic acids is 1. The molecule has 0 saturated heterocycles. The van der Waals surface area contributed by atoms with Crippen molar-refractivity contribution in [3.05, 3.63) is 59.7 Å². The number of carboxylic acid groups (broad SMARTS) is 1. The van der Waals surface area contributed by atoms with Gasteiger partial charge in [0, 0.05) is 0 Å². The second kappa shape index (κ2) is 9.94. The molecular weight excluding hydrogens is 356 g/mol. The van der Waals surface area contributed by atoms with Crippen molar-refractivity contribution in [1.82, 2.24) is 0 Å². The Balaban J connectivity index is 0.00000261. The minimum absolute atomic E-state index is 0. The average molecular weight is 387 g/mol. The van der Waals surface area contributed by atoms with Crippen LogP contribution in [0.2, 0.25) is 0 Å². The van der Waals surface area contributed by atoms with Gasteiger partial charge in [0.2, 0.25) is 0 Å². The first-order valence-electron chi connectivity index (χ1n) is 10.1. The van der Waals surface area contributed by atoms with Crippen LogP contribution in [0, 0.1) is 0 Å². The molecule has 2 aromatic carbocycles. The van der Waals surface area contributed by atoms with Gasteiger partial charge in [0.25, 0.3) is 0 Å². The number of unbranched alkanes of at least 4 members (excludes halogenated alkanes) is 2.